The molecule has 3 aromatic heterocycles. The normalized spacial score (nSPS) is 10.6. The van der Waals surface area contributed by atoms with Gasteiger partial charge in [0.05, 0.1) is 12.4 Å². The van der Waals surface area contributed by atoms with Gasteiger partial charge in [-0.2, -0.15) is 15.5 Å². The largest absolute Gasteiger partial charge is 0.275 e. The first-order chi connectivity index (χ1) is 8.29. The van der Waals surface area contributed by atoms with Gasteiger partial charge in [-0.3, -0.25) is 9.67 Å². The van der Waals surface area contributed by atoms with Gasteiger partial charge < -0.3 is 0 Å². The molecule has 0 spiro atoms. The molecule has 6 nitrogen and oxygen atoms in total. The molecular weight excluding hydrogens is 216 g/mol. The van der Waals surface area contributed by atoms with Crippen molar-refractivity contribution in [1.82, 2.24) is 24.4 Å². The van der Waals surface area contributed by atoms with Crippen LogP contribution < -0.4 is 0 Å². The Hall–Kier alpha value is -2.68. The molecule has 6 heteroatoms. The van der Waals surface area contributed by atoms with Crippen molar-refractivity contribution in [2.45, 2.75) is 0 Å². The van der Waals surface area contributed by atoms with Gasteiger partial charge in [0, 0.05) is 31.2 Å². The van der Waals surface area contributed by atoms with Gasteiger partial charge in [-0.1, -0.05) is 0 Å². The predicted molar refractivity (Wildman–Crippen MR) is 59.9 cm³/mol. The summed E-state index contributed by atoms with van der Waals surface area (Å²) in [4.78, 5) is 4.00. The maximum atomic E-state index is 9.22. The van der Waals surface area contributed by atoms with Crippen LogP contribution in [0.15, 0.2) is 31.0 Å². The second-order valence-corrected chi connectivity index (χ2v) is 3.64. The average Bonchev–Trinajstić information content (AvgIpc) is 2.91. The van der Waals surface area contributed by atoms with Crippen LogP contribution in [0.5, 0.6) is 0 Å². The fourth-order valence-electron chi connectivity index (χ4n) is 1.76. The maximum Gasteiger partial charge on any atom is 0.114 e. The van der Waals surface area contributed by atoms with E-state index in [0.29, 0.717) is 16.8 Å². The first-order valence-corrected chi connectivity index (χ1v) is 5.01. The van der Waals surface area contributed by atoms with Crippen LogP contribution in [0.4, 0.5) is 0 Å². The molecular formula is C11H8N6. The Morgan fingerprint density at radius 3 is 2.94 bits per heavy atom. The highest BCUT2D eigenvalue weighted by atomic mass is 15.3. The average molecular weight is 224 g/mol. The number of nitrogens with zero attached hydrogens (tertiary/aromatic N) is 6. The molecule has 0 atom stereocenters. The van der Waals surface area contributed by atoms with Crippen molar-refractivity contribution in [3.8, 4) is 17.3 Å². The van der Waals surface area contributed by atoms with Gasteiger partial charge in [0.25, 0.3) is 0 Å². The summed E-state index contributed by atoms with van der Waals surface area (Å²) in [7, 11) is 1.83. The predicted octanol–water partition coefficient (Wildman–Crippen LogP) is 1.00. The van der Waals surface area contributed by atoms with Gasteiger partial charge in [0.2, 0.25) is 0 Å². The molecule has 0 aromatic carbocycles. The molecule has 0 aliphatic rings. The van der Waals surface area contributed by atoms with Crippen LogP contribution in [-0.2, 0) is 7.05 Å². The van der Waals surface area contributed by atoms with E-state index in [0.717, 1.165) is 5.56 Å². The standard InChI is InChI=1S/C11H8N6/c1-16-7-8(5-14-16)11-9(4-12)10-6-13-2-3-17(10)15-11/h2-3,5-7H,1H3. The van der Waals surface area contributed by atoms with Gasteiger partial charge in [-0.15, -0.1) is 0 Å². The first kappa shape index (κ1) is 9.54. The van der Waals surface area contributed by atoms with E-state index in [1.807, 2.05) is 13.2 Å². The first-order valence-electron chi connectivity index (χ1n) is 5.01. The Bertz CT molecular complexity index is 730. The summed E-state index contributed by atoms with van der Waals surface area (Å²) in [5.41, 5.74) is 2.68. The summed E-state index contributed by atoms with van der Waals surface area (Å²) in [5, 5.41) is 17.7. The molecule has 0 saturated carbocycles. The third-order valence-corrected chi connectivity index (χ3v) is 2.53. The number of nitriles is 1. The SMILES string of the molecule is Cn1cc(-c2nn3ccncc3c2C#N)cn1. The molecule has 3 rings (SSSR count). The van der Waals surface area contributed by atoms with E-state index in [1.54, 1.807) is 34.0 Å². The highest BCUT2D eigenvalue weighted by molar-refractivity contribution is 5.75. The van der Waals surface area contributed by atoms with Crippen LogP contribution in [-0.4, -0.2) is 24.4 Å². The molecule has 3 heterocycles. The summed E-state index contributed by atoms with van der Waals surface area (Å²) in [6.45, 7) is 0. The summed E-state index contributed by atoms with van der Waals surface area (Å²) < 4.78 is 3.33. The second-order valence-electron chi connectivity index (χ2n) is 3.64. The van der Waals surface area contributed by atoms with Crippen LogP contribution in [0, 0.1) is 11.3 Å². The van der Waals surface area contributed by atoms with Crippen molar-refractivity contribution in [1.29, 1.82) is 5.26 Å². The van der Waals surface area contributed by atoms with Crippen LogP contribution >= 0.6 is 0 Å². The molecule has 0 saturated heterocycles. The summed E-state index contributed by atoms with van der Waals surface area (Å²) in [5.74, 6) is 0. The van der Waals surface area contributed by atoms with Crippen LogP contribution in [0.3, 0.4) is 0 Å². The molecule has 0 radical (unpaired) electrons. The van der Waals surface area contributed by atoms with Crippen LogP contribution in [0.2, 0.25) is 0 Å². The fourth-order valence-corrected chi connectivity index (χ4v) is 1.76. The maximum absolute atomic E-state index is 9.22. The fraction of sp³-hybridized carbons (Fsp3) is 0.0909. The lowest BCUT2D eigenvalue weighted by Crippen LogP contribution is -1.86. The zero-order valence-electron chi connectivity index (χ0n) is 9.07. The van der Waals surface area contributed by atoms with Gasteiger partial charge in [-0.05, 0) is 0 Å². The molecule has 17 heavy (non-hydrogen) atoms. The summed E-state index contributed by atoms with van der Waals surface area (Å²) >= 11 is 0. The van der Waals surface area contributed by atoms with E-state index in [1.165, 1.54) is 0 Å². The van der Waals surface area contributed by atoms with Gasteiger partial charge >= 0.3 is 0 Å². The second kappa shape index (κ2) is 3.42. The smallest absolute Gasteiger partial charge is 0.114 e. The van der Waals surface area contributed by atoms with Crippen molar-refractivity contribution in [2.24, 2.45) is 7.05 Å². The molecule has 0 unspecified atom stereocenters. The lowest BCUT2D eigenvalue weighted by molar-refractivity contribution is 0.768. The van der Waals surface area contributed by atoms with Crippen molar-refractivity contribution in [2.75, 3.05) is 0 Å². The Kier molecular flexibility index (Phi) is 1.92. The molecule has 3 aromatic rings. The summed E-state index contributed by atoms with van der Waals surface area (Å²) in [6, 6.07) is 2.17. The lowest BCUT2D eigenvalue weighted by atomic mass is 10.1. The molecule has 0 N–H and O–H groups in total. The molecule has 0 amide bonds. The Morgan fingerprint density at radius 1 is 1.35 bits per heavy atom. The lowest BCUT2D eigenvalue weighted by Gasteiger charge is -1.88. The molecule has 0 aliphatic heterocycles. The molecule has 0 bridgehead atoms. The number of hydrogen-bond acceptors (Lipinski definition) is 4. The number of fused-ring (bicyclic) bond motifs is 1. The Morgan fingerprint density at radius 2 is 2.24 bits per heavy atom. The van der Waals surface area contributed by atoms with Crippen molar-refractivity contribution in [3.05, 3.63) is 36.5 Å². The highest BCUT2D eigenvalue weighted by Gasteiger charge is 2.15. The number of aromatic nitrogens is 5. The number of hydrogen-bond donors (Lipinski definition) is 0. The van der Waals surface area contributed by atoms with Crippen molar-refractivity contribution >= 4 is 5.52 Å². The monoisotopic (exact) mass is 224 g/mol. The Balaban J connectivity index is 2.34. The van der Waals surface area contributed by atoms with Crippen LogP contribution in [0.25, 0.3) is 16.8 Å². The zero-order valence-corrected chi connectivity index (χ0v) is 9.07. The van der Waals surface area contributed by atoms with E-state index >= 15 is 0 Å². The number of aryl methyl sites for hydroxylation is 1. The minimum absolute atomic E-state index is 0.520. The molecule has 0 fully saturated rings. The third kappa shape index (κ3) is 1.37. The molecule has 82 valence electrons. The third-order valence-electron chi connectivity index (χ3n) is 2.53. The summed E-state index contributed by atoms with van der Waals surface area (Å²) in [6.07, 6.45) is 8.50. The zero-order chi connectivity index (χ0) is 11.8. The van der Waals surface area contributed by atoms with E-state index in [-0.39, 0.29) is 0 Å². The van der Waals surface area contributed by atoms with Gasteiger partial charge in [0.1, 0.15) is 22.8 Å². The Labute approximate surface area is 96.7 Å². The number of rotatable bonds is 1. The van der Waals surface area contributed by atoms with E-state index in [4.69, 9.17) is 0 Å². The van der Waals surface area contributed by atoms with Crippen LogP contribution in [0.1, 0.15) is 5.56 Å². The minimum atomic E-state index is 0.520. The van der Waals surface area contributed by atoms with E-state index in [2.05, 4.69) is 21.3 Å². The minimum Gasteiger partial charge on any atom is -0.275 e. The highest BCUT2D eigenvalue weighted by Crippen LogP contribution is 2.24. The van der Waals surface area contributed by atoms with E-state index < -0.39 is 0 Å². The van der Waals surface area contributed by atoms with Crippen molar-refractivity contribution < 1.29 is 0 Å². The van der Waals surface area contributed by atoms with Gasteiger partial charge in [0.15, 0.2) is 0 Å². The van der Waals surface area contributed by atoms with Gasteiger partial charge in [-0.25, -0.2) is 4.52 Å². The van der Waals surface area contributed by atoms with Crippen molar-refractivity contribution in [3.63, 3.8) is 0 Å². The molecule has 0 aliphatic carbocycles. The quantitative estimate of drug-likeness (QED) is 0.618. The topological polar surface area (TPSA) is 71.8 Å². The van der Waals surface area contributed by atoms with E-state index in [9.17, 15) is 5.26 Å².